The minimum absolute atomic E-state index is 0.144. The second kappa shape index (κ2) is 9.17. The summed E-state index contributed by atoms with van der Waals surface area (Å²) in [7, 11) is 0. The molecule has 4 heteroatoms. The van der Waals surface area contributed by atoms with E-state index < -0.39 is 5.97 Å². The lowest BCUT2D eigenvalue weighted by Crippen LogP contribution is -2.30. The number of carboxylic acids is 1. The van der Waals surface area contributed by atoms with Crippen LogP contribution in [-0.2, 0) is 11.3 Å². The summed E-state index contributed by atoms with van der Waals surface area (Å²) in [5.41, 5.74) is 2.78. The zero-order valence-electron chi connectivity index (χ0n) is 18.3. The molecule has 0 bridgehead atoms. The van der Waals surface area contributed by atoms with Crippen LogP contribution in [0.2, 0.25) is 0 Å². The predicted octanol–water partition coefficient (Wildman–Crippen LogP) is 5.70. The van der Waals surface area contributed by atoms with Crippen LogP contribution < -0.4 is 10.1 Å². The first-order valence-corrected chi connectivity index (χ1v) is 10.8. The van der Waals surface area contributed by atoms with E-state index in [0.717, 1.165) is 24.5 Å². The molecule has 0 aliphatic heterocycles. The van der Waals surface area contributed by atoms with Gasteiger partial charge in [-0.25, -0.2) is 0 Å². The Bertz CT molecular complexity index is 845. The van der Waals surface area contributed by atoms with Crippen molar-refractivity contribution < 1.29 is 14.6 Å². The van der Waals surface area contributed by atoms with Gasteiger partial charge in [0.2, 0.25) is 0 Å². The van der Waals surface area contributed by atoms with E-state index in [1.54, 1.807) is 0 Å². The van der Waals surface area contributed by atoms with Crippen molar-refractivity contribution >= 4 is 16.7 Å². The van der Waals surface area contributed by atoms with Gasteiger partial charge >= 0.3 is 5.97 Å². The number of carboxylic acid groups (broad SMARTS) is 1. The molecule has 0 saturated heterocycles. The van der Waals surface area contributed by atoms with Gasteiger partial charge in [-0.15, -0.1) is 0 Å². The number of aliphatic carboxylic acids is 1. The van der Waals surface area contributed by atoms with Crippen LogP contribution in [0.25, 0.3) is 10.8 Å². The molecule has 0 atom stereocenters. The second-order valence-corrected chi connectivity index (χ2v) is 9.57. The monoisotopic (exact) mass is 397 g/mol. The molecule has 29 heavy (non-hydrogen) atoms. The molecule has 158 valence electrons. The van der Waals surface area contributed by atoms with E-state index in [1.807, 2.05) is 0 Å². The van der Waals surface area contributed by atoms with Crippen molar-refractivity contribution in [1.82, 2.24) is 5.32 Å². The van der Waals surface area contributed by atoms with Gasteiger partial charge in [-0.1, -0.05) is 32.9 Å². The van der Waals surface area contributed by atoms with E-state index in [-0.39, 0.29) is 6.42 Å². The van der Waals surface area contributed by atoms with Crippen molar-refractivity contribution in [3.05, 3.63) is 41.5 Å². The van der Waals surface area contributed by atoms with Crippen molar-refractivity contribution in [2.24, 2.45) is 11.3 Å². The van der Waals surface area contributed by atoms with Gasteiger partial charge in [-0.3, -0.25) is 4.79 Å². The van der Waals surface area contributed by atoms with Crippen molar-refractivity contribution in [1.29, 1.82) is 0 Å². The Kier molecular flexibility index (Phi) is 6.84. The van der Waals surface area contributed by atoms with Crippen LogP contribution in [0.1, 0.15) is 64.0 Å². The minimum atomic E-state index is -0.772. The van der Waals surface area contributed by atoms with Gasteiger partial charge in [0.15, 0.2) is 0 Å². The molecule has 0 amide bonds. The highest BCUT2D eigenvalue weighted by molar-refractivity contribution is 5.87. The molecule has 1 fully saturated rings. The first kappa shape index (κ1) is 21.6. The molecule has 1 saturated carbocycles. The number of carbonyl (C=O) groups is 1. The van der Waals surface area contributed by atoms with Gasteiger partial charge in [-0.05, 0) is 84.0 Å². The average Bonchev–Trinajstić information content (AvgIpc) is 2.65. The second-order valence-electron chi connectivity index (χ2n) is 9.57. The Balaban J connectivity index is 1.62. The van der Waals surface area contributed by atoms with E-state index >= 15 is 0 Å². The topological polar surface area (TPSA) is 58.6 Å². The Hall–Kier alpha value is -2.07. The SMILES string of the molecule is Cc1cc(OC2CCC(C(C)(C)C)CC2)cc2ccc(CNCCC(=O)O)cc12. The molecule has 2 aromatic carbocycles. The molecule has 4 nitrogen and oxygen atoms in total. The summed E-state index contributed by atoms with van der Waals surface area (Å²) in [5.74, 6) is 0.996. The highest BCUT2D eigenvalue weighted by Gasteiger charge is 2.30. The summed E-state index contributed by atoms with van der Waals surface area (Å²) in [4.78, 5) is 10.6. The molecule has 1 aliphatic carbocycles. The fourth-order valence-corrected chi connectivity index (χ4v) is 4.40. The maximum absolute atomic E-state index is 10.6. The lowest BCUT2D eigenvalue weighted by molar-refractivity contribution is -0.136. The zero-order valence-corrected chi connectivity index (χ0v) is 18.3. The largest absolute Gasteiger partial charge is 0.490 e. The van der Waals surface area contributed by atoms with Crippen molar-refractivity contribution in [2.75, 3.05) is 6.54 Å². The molecule has 2 N–H and O–H groups in total. The van der Waals surface area contributed by atoms with Crippen molar-refractivity contribution in [3.8, 4) is 5.75 Å². The number of rotatable bonds is 7. The normalized spacial score (nSPS) is 20.0. The first-order chi connectivity index (χ1) is 13.7. The van der Waals surface area contributed by atoms with E-state index in [0.29, 0.717) is 24.6 Å². The third-order valence-electron chi connectivity index (χ3n) is 6.25. The molecule has 0 radical (unpaired) electrons. The Labute approximate surface area is 174 Å². The van der Waals surface area contributed by atoms with Crippen LogP contribution in [0.3, 0.4) is 0 Å². The molecule has 0 heterocycles. The smallest absolute Gasteiger partial charge is 0.304 e. The number of hydrogen-bond acceptors (Lipinski definition) is 3. The van der Waals surface area contributed by atoms with Crippen molar-refractivity contribution in [3.63, 3.8) is 0 Å². The molecular weight excluding hydrogens is 362 g/mol. The summed E-state index contributed by atoms with van der Waals surface area (Å²) >= 11 is 0. The lowest BCUT2D eigenvalue weighted by Gasteiger charge is -2.37. The minimum Gasteiger partial charge on any atom is -0.490 e. The molecule has 0 unspecified atom stereocenters. The molecule has 2 aromatic rings. The van der Waals surface area contributed by atoms with Crippen LogP contribution in [0, 0.1) is 18.3 Å². The average molecular weight is 398 g/mol. The summed E-state index contributed by atoms with van der Waals surface area (Å²) in [5, 5.41) is 14.3. The lowest BCUT2D eigenvalue weighted by atomic mass is 9.72. The van der Waals surface area contributed by atoms with Gasteiger partial charge in [0.05, 0.1) is 12.5 Å². The van der Waals surface area contributed by atoms with Crippen LogP contribution in [0.5, 0.6) is 5.75 Å². The van der Waals surface area contributed by atoms with Gasteiger partial charge in [-0.2, -0.15) is 0 Å². The number of nitrogens with one attached hydrogen (secondary N) is 1. The van der Waals surface area contributed by atoms with Gasteiger partial charge in [0, 0.05) is 13.1 Å². The molecule has 0 spiro atoms. The molecule has 1 aliphatic rings. The number of hydrogen-bond donors (Lipinski definition) is 2. The molecule has 0 aromatic heterocycles. The fourth-order valence-electron chi connectivity index (χ4n) is 4.40. The molecular formula is C25H35NO3. The summed E-state index contributed by atoms with van der Waals surface area (Å²) in [6.45, 7) is 10.3. The maximum atomic E-state index is 10.6. The van der Waals surface area contributed by atoms with Crippen molar-refractivity contribution in [2.45, 2.75) is 72.4 Å². The quantitative estimate of drug-likeness (QED) is 0.589. The van der Waals surface area contributed by atoms with E-state index in [4.69, 9.17) is 9.84 Å². The highest BCUT2D eigenvalue weighted by atomic mass is 16.5. The zero-order chi connectivity index (χ0) is 21.0. The molecule has 3 rings (SSSR count). The van der Waals surface area contributed by atoms with Crippen LogP contribution in [0.4, 0.5) is 0 Å². The van der Waals surface area contributed by atoms with Gasteiger partial charge in [0.1, 0.15) is 5.75 Å². The van der Waals surface area contributed by atoms with E-state index in [1.165, 1.54) is 34.7 Å². The number of aryl methyl sites for hydroxylation is 1. The third-order valence-corrected chi connectivity index (χ3v) is 6.25. The van der Waals surface area contributed by atoms with Crippen LogP contribution in [-0.4, -0.2) is 23.7 Å². The summed E-state index contributed by atoms with van der Waals surface area (Å²) in [6.07, 6.45) is 5.24. The van der Waals surface area contributed by atoms with Crippen LogP contribution >= 0.6 is 0 Å². The summed E-state index contributed by atoms with van der Waals surface area (Å²) < 4.78 is 6.37. The van der Waals surface area contributed by atoms with Gasteiger partial charge in [0.25, 0.3) is 0 Å². The predicted molar refractivity (Wildman–Crippen MR) is 118 cm³/mol. The first-order valence-electron chi connectivity index (χ1n) is 10.8. The standard InChI is InChI=1S/C25H35NO3/c1-17-13-22(29-21-9-7-20(8-10-21)25(2,3)4)15-19-6-5-18(14-23(17)19)16-26-12-11-24(27)28/h5-6,13-15,20-21,26H,7-12,16H2,1-4H3,(H,27,28). The fraction of sp³-hybridized carbons (Fsp3) is 0.560. The number of fused-ring (bicyclic) bond motifs is 1. The summed E-state index contributed by atoms with van der Waals surface area (Å²) in [6, 6.07) is 10.7. The highest BCUT2D eigenvalue weighted by Crippen LogP contribution is 2.39. The van der Waals surface area contributed by atoms with Gasteiger partial charge < -0.3 is 15.2 Å². The Morgan fingerprint density at radius 2 is 1.86 bits per heavy atom. The number of benzene rings is 2. The number of ether oxygens (including phenoxy) is 1. The maximum Gasteiger partial charge on any atom is 0.304 e. The Morgan fingerprint density at radius 1 is 1.14 bits per heavy atom. The van der Waals surface area contributed by atoms with Crippen LogP contribution in [0.15, 0.2) is 30.3 Å². The Morgan fingerprint density at radius 3 is 2.52 bits per heavy atom. The van der Waals surface area contributed by atoms with E-state index in [9.17, 15) is 4.79 Å². The third kappa shape index (κ3) is 5.96. The van der Waals surface area contributed by atoms with E-state index in [2.05, 4.69) is 63.3 Å².